The van der Waals surface area contributed by atoms with E-state index < -0.39 is 18.1 Å². The van der Waals surface area contributed by atoms with Gasteiger partial charge in [0, 0.05) is 6.08 Å². The molecule has 2 aromatic rings. The smallest absolute Gasteiger partial charge is 0.412 e. The number of alkyl halides is 3. The maximum atomic E-state index is 13.5. The van der Waals surface area contributed by atoms with Crippen LogP contribution in [0.5, 0.6) is 17.2 Å². The number of amides is 1. The fourth-order valence-corrected chi connectivity index (χ4v) is 2.49. The minimum Gasteiger partial charge on any atom is -0.497 e. The number of benzene rings is 2. The minimum absolute atomic E-state index is 0.135. The van der Waals surface area contributed by atoms with Gasteiger partial charge >= 0.3 is 6.18 Å². The van der Waals surface area contributed by atoms with Gasteiger partial charge in [0.05, 0.1) is 21.3 Å². The van der Waals surface area contributed by atoms with Crippen LogP contribution in [0.4, 0.5) is 13.2 Å². The van der Waals surface area contributed by atoms with Gasteiger partial charge in [-0.1, -0.05) is 18.2 Å². The lowest BCUT2D eigenvalue weighted by molar-refractivity contribution is -0.162. The van der Waals surface area contributed by atoms with Crippen LogP contribution in [-0.4, -0.2) is 33.4 Å². The Kier molecular flexibility index (Phi) is 6.92. The van der Waals surface area contributed by atoms with Gasteiger partial charge in [-0.15, -0.1) is 0 Å². The summed E-state index contributed by atoms with van der Waals surface area (Å²) in [5.41, 5.74) is 0.442. The highest BCUT2D eigenvalue weighted by molar-refractivity contribution is 5.92. The molecule has 0 aliphatic carbocycles. The highest BCUT2D eigenvalue weighted by Gasteiger charge is 2.42. The molecule has 1 atom stereocenters. The standard InChI is InChI=1S/C20H20F3NO4/c1-26-15-6-4-5-13(11-15)7-10-18(25)24-19(20(21,22)23)14-8-9-16(27-2)17(12-14)28-3/h4-12,19H,1-3H3,(H,24,25)/b10-7+/t19-/m0/s1. The van der Waals surface area contributed by atoms with E-state index in [-0.39, 0.29) is 17.1 Å². The number of halogens is 3. The van der Waals surface area contributed by atoms with E-state index in [1.165, 1.54) is 45.6 Å². The van der Waals surface area contributed by atoms with Crippen LogP contribution in [0.3, 0.4) is 0 Å². The molecule has 0 aromatic heterocycles. The number of rotatable bonds is 7. The zero-order valence-electron chi connectivity index (χ0n) is 15.5. The summed E-state index contributed by atoms with van der Waals surface area (Å²) in [7, 11) is 4.19. The predicted molar refractivity (Wildman–Crippen MR) is 98.5 cm³/mol. The highest BCUT2D eigenvalue weighted by Crippen LogP contribution is 2.37. The summed E-state index contributed by atoms with van der Waals surface area (Å²) in [5, 5.41) is 1.98. The van der Waals surface area contributed by atoms with Gasteiger partial charge in [0.25, 0.3) is 0 Å². The van der Waals surface area contributed by atoms with E-state index in [9.17, 15) is 18.0 Å². The molecule has 1 N–H and O–H groups in total. The van der Waals surface area contributed by atoms with Gasteiger partial charge in [0.2, 0.25) is 5.91 Å². The molecule has 0 spiro atoms. The molecule has 0 aliphatic heterocycles. The molecule has 0 saturated heterocycles. The second-order valence-corrected chi connectivity index (χ2v) is 5.71. The molecular weight excluding hydrogens is 375 g/mol. The van der Waals surface area contributed by atoms with Crippen molar-refractivity contribution in [2.75, 3.05) is 21.3 Å². The number of nitrogens with one attached hydrogen (secondary N) is 1. The van der Waals surface area contributed by atoms with Crippen molar-refractivity contribution in [3.8, 4) is 17.2 Å². The van der Waals surface area contributed by atoms with Gasteiger partial charge < -0.3 is 19.5 Å². The lowest BCUT2D eigenvalue weighted by Gasteiger charge is -2.22. The predicted octanol–water partition coefficient (Wildman–Crippen LogP) is 4.15. The molecule has 0 bridgehead atoms. The van der Waals surface area contributed by atoms with Crippen molar-refractivity contribution in [2.45, 2.75) is 12.2 Å². The molecule has 0 heterocycles. The molecular formula is C20H20F3NO4. The van der Waals surface area contributed by atoms with Crippen LogP contribution in [-0.2, 0) is 4.79 Å². The number of hydrogen-bond donors (Lipinski definition) is 1. The lowest BCUT2D eigenvalue weighted by Crippen LogP contribution is -2.37. The first-order valence-corrected chi connectivity index (χ1v) is 8.19. The van der Waals surface area contributed by atoms with E-state index >= 15 is 0 Å². The molecule has 150 valence electrons. The first-order chi connectivity index (χ1) is 13.3. The molecule has 5 nitrogen and oxygen atoms in total. The molecule has 28 heavy (non-hydrogen) atoms. The molecule has 0 fully saturated rings. The van der Waals surface area contributed by atoms with Crippen molar-refractivity contribution in [1.29, 1.82) is 0 Å². The van der Waals surface area contributed by atoms with Crippen LogP contribution in [0.25, 0.3) is 6.08 Å². The van der Waals surface area contributed by atoms with Crippen molar-refractivity contribution in [2.24, 2.45) is 0 Å². The van der Waals surface area contributed by atoms with Crippen molar-refractivity contribution < 1.29 is 32.2 Å². The van der Waals surface area contributed by atoms with Crippen LogP contribution >= 0.6 is 0 Å². The summed E-state index contributed by atoms with van der Waals surface area (Å²) in [5.74, 6) is 0.104. The third-order valence-electron chi connectivity index (χ3n) is 3.88. The quantitative estimate of drug-likeness (QED) is 0.716. The molecule has 0 radical (unpaired) electrons. The van der Waals surface area contributed by atoms with Crippen LogP contribution in [0, 0.1) is 0 Å². The van der Waals surface area contributed by atoms with Crippen molar-refractivity contribution in [3.05, 3.63) is 59.7 Å². The first kappa shape index (κ1) is 21.1. The van der Waals surface area contributed by atoms with Crippen molar-refractivity contribution in [1.82, 2.24) is 5.32 Å². The summed E-state index contributed by atoms with van der Waals surface area (Å²) in [6, 6.07) is 8.34. The first-order valence-electron chi connectivity index (χ1n) is 8.19. The van der Waals surface area contributed by atoms with Gasteiger partial charge in [-0.25, -0.2) is 0 Å². The van der Waals surface area contributed by atoms with Gasteiger partial charge in [-0.2, -0.15) is 13.2 Å². The number of ether oxygens (including phenoxy) is 3. The van der Waals surface area contributed by atoms with Gasteiger partial charge in [-0.05, 0) is 41.5 Å². The molecule has 8 heteroatoms. The third kappa shape index (κ3) is 5.42. The summed E-state index contributed by atoms with van der Waals surface area (Å²) in [6.07, 6.45) is -2.26. The Balaban J connectivity index is 2.22. The van der Waals surface area contributed by atoms with E-state index in [4.69, 9.17) is 14.2 Å². The van der Waals surface area contributed by atoms with Gasteiger partial charge in [-0.3, -0.25) is 4.79 Å². The number of hydrogen-bond acceptors (Lipinski definition) is 4. The zero-order valence-corrected chi connectivity index (χ0v) is 15.5. The Morgan fingerprint density at radius 3 is 2.32 bits per heavy atom. The lowest BCUT2D eigenvalue weighted by atomic mass is 10.1. The average molecular weight is 395 g/mol. The summed E-state index contributed by atoms with van der Waals surface area (Å²) < 4.78 is 55.7. The summed E-state index contributed by atoms with van der Waals surface area (Å²) in [4.78, 5) is 12.1. The Hall–Kier alpha value is -3.16. The fraction of sp³-hybridized carbons (Fsp3) is 0.250. The second-order valence-electron chi connectivity index (χ2n) is 5.71. The topological polar surface area (TPSA) is 56.8 Å². The van der Waals surface area contributed by atoms with E-state index in [0.29, 0.717) is 11.3 Å². The Bertz CT molecular complexity index is 850. The molecule has 0 saturated carbocycles. The van der Waals surface area contributed by atoms with Crippen LogP contribution in [0.15, 0.2) is 48.5 Å². The Morgan fingerprint density at radius 1 is 1.00 bits per heavy atom. The molecule has 0 unspecified atom stereocenters. The second kappa shape index (κ2) is 9.16. The highest BCUT2D eigenvalue weighted by atomic mass is 19.4. The fourth-order valence-electron chi connectivity index (χ4n) is 2.49. The third-order valence-corrected chi connectivity index (χ3v) is 3.88. The van der Waals surface area contributed by atoms with Crippen LogP contribution in [0.2, 0.25) is 0 Å². The van der Waals surface area contributed by atoms with E-state index in [0.717, 1.165) is 6.08 Å². The maximum Gasteiger partial charge on any atom is 0.412 e. The monoisotopic (exact) mass is 395 g/mol. The average Bonchev–Trinajstić information content (AvgIpc) is 2.69. The van der Waals surface area contributed by atoms with Crippen LogP contribution < -0.4 is 19.5 Å². The van der Waals surface area contributed by atoms with Crippen molar-refractivity contribution >= 4 is 12.0 Å². The molecule has 2 aromatic carbocycles. The van der Waals surface area contributed by atoms with Crippen molar-refractivity contribution in [3.63, 3.8) is 0 Å². The van der Waals surface area contributed by atoms with E-state index in [1.807, 2.05) is 5.32 Å². The van der Waals surface area contributed by atoms with Gasteiger partial charge in [0.15, 0.2) is 17.5 Å². The number of methoxy groups -OCH3 is 3. The number of carbonyl (C=O) groups is 1. The van der Waals surface area contributed by atoms with Gasteiger partial charge in [0.1, 0.15) is 5.75 Å². The minimum atomic E-state index is -4.70. The molecule has 0 aliphatic rings. The zero-order chi connectivity index (χ0) is 20.7. The van der Waals surface area contributed by atoms with Crippen LogP contribution in [0.1, 0.15) is 17.2 Å². The number of carbonyl (C=O) groups excluding carboxylic acids is 1. The Morgan fingerprint density at radius 2 is 1.71 bits per heavy atom. The molecule has 1 amide bonds. The normalized spacial score (nSPS) is 12.5. The van der Waals surface area contributed by atoms with E-state index in [1.54, 1.807) is 24.3 Å². The SMILES string of the molecule is COc1cccc(/C=C/C(=O)N[C@@H](c2ccc(OC)c(OC)c2)C(F)(F)F)c1. The summed E-state index contributed by atoms with van der Waals surface area (Å²) in [6.45, 7) is 0. The Labute approximate surface area is 160 Å². The summed E-state index contributed by atoms with van der Waals surface area (Å²) >= 11 is 0. The maximum absolute atomic E-state index is 13.5. The largest absolute Gasteiger partial charge is 0.497 e. The van der Waals surface area contributed by atoms with E-state index in [2.05, 4.69) is 0 Å². The molecule has 2 rings (SSSR count).